The van der Waals surface area contributed by atoms with E-state index < -0.39 is 5.91 Å². The minimum absolute atomic E-state index is 0.0223. The molecule has 0 radical (unpaired) electrons. The molecule has 2 aliphatic rings. The molecule has 0 aromatic heterocycles. The number of thioether (sulfide) groups is 1. The molecule has 0 unspecified atom stereocenters. The van der Waals surface area contributed by atoms with E-state index in [4.69, 9.17) is 9.47 Å². The normalized spacial score (nSPS) is 19.1. The summed E-state index contributed by atoms with van der Waals surface area (Å²) in [6, 6.07) is 5.05. The molecule has 7 heteroatoms. The van der Waals surface area contributed by atoms with Gasteiger partial charge in [0.1, 0.15) is 0 Å². The van der Waals surface area contributed by atoms with Crippen LogP contribution < -0.4 is 14.8 Å². The van der Waals surface area contributed by atoms with Crippen LogP contribution in [0.15, 0.2) is 23.1 Å². The van der Waals surface area contributed by atoms with Crippen molar-refractivity contribution in [3.05, 3.63) is 28.7 Å². The Labute approximate surface area is 143 Å². The number of nitrogens with one attached hydrogen (secondary N) is 1. The third-order valence-electron chi connectivity index (χ3n) is 3.86. The van der Waals surface area contributed by atoms with Crippen molar-refractivity contribution >= 4 is 35.0 Å². The molecule has 2 amide bonds. The molecule has 0 spiro atoms. The molecular formula is C17H17NO5S. The van der Waals surface area contributed by atoms with Crippen LogP contribution in [-0.2, 0) is 9.59 Å². The summed E-state index contributed by atoms with van der Waals surface area (Å²) in [5.74, 6) is 0.142. The van der Waals surface area contributed by atoms with Crippen molar-refractivity contribution in [2.24, 2.45) is 5.92 Å². The summed E-state index contributed by atoms with van der Waals surface area (Å²) in [6.07, 6.45) is 4.40. The standard InChI is InChI=1S/C17H17NO5S/c1-2-22-13-8-10(9-14-15(19)18-17(21)24-14)6-7-12(13)23-16(20)11-4-3-5-11/h6-9,11H,2-5H2,1H3,(H,18,19,21). The smallest absolute Gasteiger partial charge is 0.314 e. The lowest BCUT2D eigenvalue weighted by Gasteiger charge is -2.23. The van der Waals surface area contributed by atoms with Gasteiger partial charge in [0.15, 0.2) is 11.5 Å². The van der Waals surface area contributed by atoms with Gasteiger partial charge in [-0.2, -0.15) is 0 Å². The predicted molar refractivity (Wildman–Crippen MR) is 89.7 cm³/mol. The van der Waals surface area contributed by atoms with Crippen LogP contribution in [0.2, 0.25) is 0 Å². The number of esters is 1. The van der Waals surface area contributed by atoms with Crippen LogP contribution in [0.5, 0.6) is 11.5 Å². The van der Waals surface area contributed by atoms with Gasteiger partial charge >= 0.3 is 5.97 Å². The van der Waals surface area contributed by atoms with E-state index in [1.165, 1.54) is 0 Å². The van der Waals surface area contributed by atoms with E-state index in [1.54, 1.807) is 24.3 Å². The van der Waals surface area contributed by atoms with E-state index in [1.807, 2.05) is 6.92 Å². The minimum Gasteiger partial charge on any atom is -0.490 e. The first-order valence-corrected chi connectivity index (χ1v) is 8.62. The average molecular weight is 347 g/mol. The molecule has 0 atom stereocenters. The van der Waals surface area contributed by atoms with E-state index in [9.17, 15) is 14.4 Å². The number of ether oxygens (including phenoxy) is 2. The summed E-state index contributed by atoms with van der Waals surface area (Å²) >= 11 is 0.852. The Morgan fingerprint density at radius 1 is 1.33 bits per heavy atom. The van der Waals surface area contributed by atoms with Crippen molar-refractivity contribution in [2.75, 3.05) is 6.61 Å². The third kappa shape index (κ3) is 3.62. The van der Waals surface area contributed by atoms with E-state index in [2.05, 4.69) is 5.32 Å². The van der Waals surface area contributed by atoms with Crippen molar-refractivity contribution in [1.29, 1.82) is 0 Å². The number of rotatable bonds is 5. The fraction of sp³-hybridized carbons (Fsp3) is 0.353. The SMILES string of the molecule is CCOc1cc(C=C2SC(=O)NC2=O)ccc1OC(=O)C1CCC1. The van der Waals surface area contributed by atoms with Gasteiger partial charge in [-0.05, 0) is 55.3 Å². The molecule has 6 nitrogen and oxygen atoms in total. The van der Waals surface area contributed by atoms with Crippen LogP contribution in [0.3, 0.4) is 0 Å². The minimum atomic E-state index is -0.413. The maximum atomic E-state index is 12.0. The van der Waals surface area contributed by atoms with Gasteiger partial charge < -0.3 is 9.47 Å². The second kappa shape index (κ2) is 7.09. The van der Waals surface area contributed by atoms with Gasteiger partial charge in [-0.1, -0.05) is 12.5 Å². The molecule has 1 saturated carbocycles. The molecule has 2 fully saturated rings. The van der Waals surface area contributed by atoms with Crippen molar-refractivity contribution < 1.29 is 23.9 Å². The Bertz CT molecular complexity index is 724. The molecular weight excluding hydrogens is 330 g/mol. The zero-order valence-electron chi connectivity index (χ0n) is 13.2. The van der Waals surface area contributed by atoms with Gasteiger partial charge in [0.05, 0.1) is 17.4 Å². The van der Waals surface area contributed by atoms with Crippen molar-refractivity contribution in [1.82, 2.24) is 5.32 Å². The number of carbonyl (C=O) groups excluding carboxylic acids is 3. The number of hydrogen-bond acceptors (Lipinski definition) is 6. The molecule has 1 aromatic carbocycles. The molecule has 1 heterocycles. The maximum absolute atomic E-state index is 12.0. The molecule has 0 bridgehead atoms. The lowest BCUT2D eigenvalue weighted by atomic mass is 9.86. The first kappa shape index (κ1) is 16.6. The molecule has 126 valence electrons. The van der Waals surface area contributed by atoms with Crippen molar-refractivity contribution in [2.45, 2.75) is 26.2 Å². The topological polar surface area (TPSA) is 81.7 Å². The molecule has 3 rings (SSSR count). The van der Waals surface area contributed by atoms with E-state index >= 15 is 0 Å². The van der Waals surface area contributed by atoms with Crippen LogP contribution in [-0.4, -0.2) is 23.7 Å². The third-order valence-corrected chi connectivity index (χ3v) is 4.67. The molecule has 1 N–H and O–H groups in total. The van der Waals surface area contributed by atoms with Crippen molar-refractivity contribution in [3.63, 3.8) is 0 Å². The lowest BCUT2D eigenvalue weighted by Crippen LogP contribution is -2.26. The highest BCUT2D eigenvalue weighted by Crippen LogP contribution is 2.34. The largest absolute Gasteiger partial charge is 0.490 e. The maximum Gasteiger partial charge on any atom is 0.314 e. The van der Waals surface area contributed by atoms with Gasteiger partial charge in [-0.15, -0.1) is 0 Å². The highest BCUT2D eigenvalue weighted by molar-refractivity contribution is 8.18. The fourth-order valence-electron chi connectivity index (χ4n) is 2.38. The summed E-state index contributed by atoms with van der Waals surface area (Å²) in [5, 5.41) is 1.82. The van der Waals surface area contributed by atoms with Crippen LogP contribution in [0.25, 0.3) is 6.08 Å². The number of benzene rings is 1. The number of imide groups is 1. The van der Waals surface area contributed by atoms with E-state index in [0.717, 1.165) is 31.0 Å². The number of amides is 2. The summed E-state index contributed by atoms with van der Waals surface area (Å²) < 4.78 is 11.0. The Hall–Kier alpha value is -2.28. The first-order valence-electron chi connectivity index (χ1n) is 7.80. The van der Waals surface area contributed by atoms with Gasteiger partial charge in [-0.3, -0.25) is 19.7 Å². The fourth-order valence-corrected chi connectivity index (χ4v) is 3.06. The zero-order chi connectivity index (χ0) is 17.1. The van der Waals surface area contributed by atoms with Gasteiger partial charge in [0.2, 0.25) is 0 Å². The van der Waals surface area contributed by atoms with Gasteiger partial charge in [0.25, 0.3) is 11.1 Å². The van der Waals surface area contributed by atoms with Gasteiger partial charge in [0, 0.05) is 0 Å². The molecule has 1 aliphatic heterocycles. The van der Waals surface area contributed by atoms with Crippen LogP contribution in [0.1, 0.15) is 31.7 Å². The predicted octanol–water partition coefficient (Wildman–Crippen LogP) is 3.11. The zero-order valence-corrected chi connectivity index (χ0v) is 14.0. The molecule has 1 aromatic rings. The molecule has 1 aliphatic carbocycles. The molecule has 24 heavy (non-hydrogen) atoms. The quantitative estimate of drug-likeness (QED) is 0.501. The first-order chi connectivity index (χ1) is 11.6. The second-order valence-electron chi connectivity index (χ2n) is 5.54. The Morgan fingerprint density at radius 2 is 2.12 bits per heavy atom. The van der Waals surface area contributed by atoms with E-state index in [0.29, 0.717) is 28.6 Å². The summed E-state index contributed by atoms with van der Waals surface area (Å²) in [4.78, 5) is 35.1. The van der Waals surface area contributed by atoms with E-state index in [-0.39, 0.29) is 17.1 Å². The molecule has 1 saturated heterocycles. The van der Waals surface area contributed by atoms with Crippen LogP contribution >= 0.6 is 11.8 Å². The van der Waals surface area contributed by atoms with Gasteiger partial charge in [-0.25, -0.2) is 0 Å². The summed E-state index contributed by atoms with van der Waals surface area (Å²) in [6.45, 7) is 2.25. The van der Waals surface area contributed by atoms with Crippen molar-refractivity contribution in [3.8, 4) is 11.5 Å². The lowest BCUT2D eigenvalue weighted by molar-refractivity contribution is -0.141. The summed E-state index contributed by atoms with van der Waals surface area (Å²) in [5.41, 5.74) is 0.689. The second-order valence-corrected chi connectivity index (χ2v) is 6.56. The highest BCUT2D eigenvalue weighted by Gasteiger charge is 2.28. The average Bonchev–Trinajstić information content (AvgIpc) is 2.78. The monoisotopic (exact) mass is 347 g/mol. The van der Waals surface area contributed by atoms with Crippen LogP contribution in [0, 0.1) is 5.92 Å². The highest BCUT2D eigenvalue weighted by atomic mass is 32.2. The number of hydrogen-bond donors (Lipinski definition) is 1. The Kier molecular flexibility index (Phi) is 4.89. The number of carbonyl (C=O) groups is 3. The Morgan fingerprint density at radius 3 is 2.71 bits per heavy atom. The summed E-state index contributed by atoms with van der Waals surface area (Å²) in [7, 11) is 0. The Balaban J connectivity index is 1.81. The van der Waals surface area contributed by atoms with Crippen LogP contribution in [0.4, 0.5) is 4.79 Å².